The van der Waals surface area contributed by atoms with Crippen molar-refractivity contribution in [1.29, 1.82) is 0 Å². The van der Waals surface area contributed by atoms with E-state index in [9.17, 15) is 5.11 Å². The number of rotatable bonds is 5. The summed E-state index contributed by atoms with van der Waals surface area (Å²) < 4.78 is 11.8. The van der Waals surface area contributed by atoms with Crippen molar-refractivity contribution in [1.82, 2.24) is 0 Å². The lowest BCUT2D eigenvalue weighted by Gasteiger charge is -2.13. The van der Waals surface area contributed by atoms with E-state index in [1.807, 2.05) is 66.7 Å². The molecule has 0 atom stereocenters. The Balaban J connectivity index is 1.91. The Hall–Kier alpha value is -2.78. The zero-order valence-corrected chi connectivity index (χ0v) is 12.0. The lowest BCUT2D eigenvalue weighted by atomic mass is 10.2. The summed E-state index contributed by atoms with van der Waals surface area (Å²) in [5, 5.41) is 9.31. The van der Waals surface area contributed by atoms with E-state index in [0.717, 1.165) is 17.1 Å². The van der Waals surface area contributed by atoms with Gasteiger partial charge in [-0.25, -0.2) is 0 Å². The number of hydrogen-bond acceptors (Lipinski definition) is 3. The largest absolute Gasteiger partial charge is 0.453 e. The number of hydrogen-bond donors (Lipinski definition) is 1. The van der Waals surface area contributed by atoms with Crippen LogP contribution in [0.4, 0.5) is 0 Å². The highest BCUT2D eigenvalue weighted by Crippen LogP contribution is 2.35. The fourth-order valence-corrected chi connectivity index (χ4v) is 2.05. The van der Waals surface area contributed by atoms with Crippen molar-refractivity contribution >= 4 is 0 Å². The van der Waals surface area contributed by atoms with E-state index in [4.69, 9.17) is 9.47 Å². The molecule has 3 aromatic carbocycles. The minimum atomic E-state index is -0.0449. The van der Waals surface area contributed by atoms with Gasteiger partial charge in [0, 0.05) is 0 Å². The molecule has 0 aliphatic heterocycles. The number of para-hydroxylation sites is 2. The van der Waals surface area contributed by atoms with Crippen LogP contribution in [0.2, 0.25) is 0 Å². The topological polar surface area (TPSA) is 38.7 Å². The van der Waals surface area contributed by atoms with Gasteiger partial charge in [0.15, 0.2) is 11.5 Å². The highest BCUT2D eigenvalue weighted by molar-refractivity contribution is 5.47. The van der Waals surface area contributed by atoms with E-state index < -0.39 is 0 Å². The number of aliphatic hydroxyl groups excluding tert-OH is 1. The van der Waals surface area contributed by atoms with E-state index in [-0.39, 0.29) is 6.61 Å². The molecule has 3 aromatic rings. The van der Waals surface area contributed by atoms with Crippen molar-refractivity contribution in [3.05, 3.63) is 84.4 Å². The zero-order valence-electron chi connectivity index (χ0n) is 12.0. The van der Waals surface area contributed by atoms with E-state index in [2.05, 4.69) is 0 Å². The van der Waals surface area contributed by atoms with Crippen LogP contribution < -0.4 is 9.47 Å². The Morgan fingerprint density at radius 1 is 0.636 bits per heavy atom. The third-order valence-corrected chi connectivity index (χ3v) is 3.13. The second-order valence-electron chi connectivity index (χ2n) is 4.77. The van der Waals surface area contributed by atoms with E-state index in [1.54, 1.807) is 12.1 Å². The molecule has 1 N–H and O–H groups in total. The highest BCUT2D eigenvalue weighted by Gasteiger charge is 2.09. The van der Waals surface area contributed by atoms with Crippen molar-refractivity contribution in [3.63, 3.8) is 0 Å². The molecule has 0 spiro atoms. The predicted molar refractivity (Wildman–Crippen MR) is 85.4 cm³/mol. The number of ether oxygens (including phenoxy) is 2. The van der Waals surface area contributed by atoms with Gasteiger partial charge in [-0.2, -0.15) is 0 Å². The van der Waals surface area contributed by atoms with Crippen LogP contribution in [0.3, 0.4) is 0 Å². The molecule has 110 valence electrons. The second kappa shape index (κ2) is 6.78. The van der Waals surface area contributed by atoms with E-state index in [0.29, 0.717) is 11.5 Å². The molecule has 0 bridgehead atoms. The molecule has 0 saturated heterocycles. The SMILES string of the molecule is OCc1ccc(Oc2ccccc2)c(Oc2ccccc2)c1. The van der Waals surface area contributed by atoms with Crippen molar-refractivity contribution in [2.75, 3.05) is 0 Å². The average molecular weight is 292 g/mol. The van der Waals surface area contributed by atoms with Crippen LogP contribution in [0, 0.1) is 0 Å². The Morgan fingerprint density at radius 3 is 1.73 bits per heavy atom. The molecule has 0 heterocycles. The summed E-state index contributed by atoms with van der Waals surface area (Å²) in [6.45, 7) is -0.0449. The number of aliphatic hydroxyl groups is 1. The van der Waals surface area contributed by atoms with E-state index in [1.165, 1.54) is 0 Å². The molecule has 3 heteroatoms. The third kappa shape index (κ3) is 3.45. The first kappa shape index (κ1) is 14.2. The monoisotopic (exact) mass is 292 g/mol. The van der Waals surface area contributed by atoms with Gasteiger partial charge in [0.25, 0.3) is 0 Å². The first-order chi connectivity index (χ1) is 10.8. The predicted octanol–water partition coefficient (Wildman–Crippen LogP) is 4.76. The number of benzene rings is 3. The van der Waals surface area contributed by atoms with Crippen LogP contribution in [0.15, 0.2) is 78.9 Å². The van der Waals surface area contributed by atoms with Gasteiger partial charge in [0.1, 0.15) is 11.5 Å². The first-order valence-electron chi connectivity index (χ1n) is 7.05. The quantitative estimate of drug-likeness (QED) is 0.736. The standard InChI is InChI=1S/C19H16O3/c20-14-15-11-12-18(21-16-7-3-1-4-8-16)19(13-15)22-17-9-5-2-6-10-17/h1-13,20H,14H2. The molecular weight excluding hydrogens is 276 g/mol. The Bertz CT molecular complexity index is 724. The maximum Gasteiger partial charge on any atom is 0.170 e. The molecule has 0 fully saturated rings. The average Bonchev–Trinajstić information content (AvgIpc) is 2.58. The lowest BCUT2D eigenvalue weighted by molar-refractivity contribution is 0.281. The van der Waals surface area contributed by atoms with Gasteiger partial charge in [-0.1, -0.05) is 42.5 Å². The summed E-state index contributed by atoms with van der Waals surface area (Å²) >= 11 is 0. The zero-order chi connectivity index (χ0) is 15.2. The smallest absolute Gasteiger partial charge is 0.170 e. The highest BCUT2D eigenvalue weighted by atomic mass is 16.5. The second-order valence-corrected chi connectivity index (χ2v) is 4.77. The van der Waals surface area contributed by atoms with Gasteiger partial charge in [-0.3, -0.25) is 0 Å². The molecule has 3 nitrogen and oxygen atoms in total. The molecule has 0 unspecified atom stereocenters. The summed E-state index contributed by atoms with van der Waals surface area (Å²) in [6.07, 6.45) is 0. The van der Waals surface area contributed by atoms with Crippen LogP contribution in [-0.2, 0) is 6.61 Å². The Kier molecular flexibility index (Phi) is 4.37. The molecule has 0 radical (unpaired) electrons. The molecular formula is C19H16O3. The van der Waals surface area contributed by atoms with Gasteiger partial charge in [-0.15, -0.1) is 0 Å². The van der Waals surface area contributed by atoms with Crippen LogP contribution >= 0.6 is 0 Å². The summed E-state index contributed by atoms with van der Waals surface area (Å²) in [4.78, 5) is 0. The molecule has 0 saturated carbocycles. The normalized spacial score (nSPS) is 10.2. The van der Waals surface area contributed by atoms with Gasteiger partial charge >= 0.3 is 0 Å². The fourth-order valence-electron chi connectivity index (χ4n) is 2.05. The van der Waals surface area contributed by atoms with Crippen molar-refractivity contribution in [2.45, 2.75) is 6.61 Å². The van der Waals surface area contributed by atoms with Gasteiger partial charge < -0.3 is 14.6 Å². The van der Waals surface area contributed by atoms with Gasteiger partial charge in [0.2, 0.25) is 0 Å². The minimum Gasteiger partial charge on any atom is -0.453 e. The lowest BCUT2D eigenvalue weighted by Crippen LogP contribution is -1.92. The maximum atomic E-state index is 9.31. The third-order valence-electron chi connectivity index (χ3n) is 3.13. The van der Waals surface area contributed by atoms with Gasteiger partial charge in [0.05, 0.1) is 6.61 Å². The Labute approximate surface area is 129 Å². The molecule has 22 heavy (non-hydrogen) atoms. The molecule has 0 amide bonds. The first-order valence-corrected chi connectivity index (χ1v) is 7.05. The molecule has 3 rings (SSSR count). The van der Waals surface area contributed by atoms with Crippen molar-refractivity contribution < 1.29 is 14.6 Å². The fraction of sp³-hybridized carbons (Fsp3) is 0.0526. The maximum absolute atomic E-state index is 9.31. The van der Waals surface area contributed by atoms with E-state index >= 15 is 0 Å². The molecule has 0 aromatic heterocycles. The van der Waals surface area contributed by atoms with Crippen molar-refractivity contribution in [2.24, 2.45) is 0 Å². The summed E-state index contributed by atoms with van der Waals surface area (Å²) in [7, 11) is 0. The summed E-state index contributed by atoms with van der Waals surface area (Å²) in [5.41, 5.74) is 0.770. The van der Waals surface area contributed by atoms with Gasteiger partial charge in [-0.05, 0) is 42.0 Å². The van der Waals surface area contributed by atoms with Crippen molar-refractivity contribution in [3.8, 4) is 23.0 Å². The van der Waals surface area contributed by atoms with Crippen LogP contribution in [0.5, 0.6) is 23.0 Å². The molecule has 0 aliphatic rings. The Morgan fingerprint density at radius 2 is 1.18 bits per heavy atom. The summed E-state index contributed by atoms with van der Waals surface area (Å²) in [5.74, 6) is 2.63. The molecule has 0 aliphatic carbocycles. The summed E-state index contributed by atoms with van der Waals surface area (Å²) in [6, 6.07) is 24.4. The van der Waals surface area contributed by atoms with Crippen LogP contribution in [0.1, 0.15) is 5.56 Å². The minimum absolute atomic E-state index is 0.0449. The van der Waals surface area contributed by atoms with Crippen LogP contribution in [-0.4, -0.2) is 5.11 Å². The van der Waals surface area contributed by atoms with Crippen LogP contribution in [0.25, 0.3) is 0 Å².